The smallest absolute Gasteiger partial charge is 0.230 e. The average Bonchev–Trinajstić information content (AvgIpc) is 2.18. The highest BCUT2D eigenvalue weighted by atomic mass is 32.2. The van der Waals surface area contributed by atoms with Crippen LogP contribution in [0.5, 0.6) is 0 Å². The molecule has 0 radical (unpaired) electrons. The number of carbonyl (C=O) groups is 1. The standard InChI is InChI=1S/C10H20N2O2S/c1-8(11)6-15-7-10(13)12-9-2-4-14-5-3-9/h8-9H,2-7,11H2,1H3,(H,12,13). The van der Waals surface area contributed by atoms with E-state index in [2.05, 4.69) is 5.32 Å². The second-order valence-corrected chi connectivity index (χ2v) is 4.98. The molecule has 1 rings (SSSR count). The molecule has 4 nitrogen and oxygen atoms in total. The van der Waals surface area contributed by atoms with Gasteiger partial charge in [-0.05, 0) is 19.8 Å². The summed E-state index contributed by atoms with van der Waals surface area (Å²) < 4.78 is 5.22. The zero-order valence-corrected chi connectivity index (χ0v) is 10.0. The Bertz CT molecular complexity index is 194. The fraction of sp³-hybridized carbons (Fsp3) is 0.900. The summed E-state index contributed by atoms with van der Waals surface area (Å²) >= 11 is 1.59. The van der Waals surface area contributed by atoms with Gasteiger partial charge in [-0.15, -0.1) is 0 Å². The van der Waals surface area contributed by atoms with Crippen LogP contribution in [0.25, 0.3) is 0 Å². The largest absolute Gasteiger partial charge is 0.381 e. The SMILES string of the molecule is CC(N)CSCC(=O)NC1CCOCC1. The van der Waals surface area contributed by atoms with Crippen molar-refractivity contribution < 1.29 is 9.53 Å². The highest BCUT2D eigenvalue weighted by molar-refractivity contribution is 7.99. The van der Waals surface area contributed by atoms with Crippen LogP contribution in [0.4, 0.5) is 0 Å². The fourth-order valence-electron chi connectivity index (χ4n) is 1.45. The van der Waals surface area contributed by atoms with Crippen LogP contribution in [-0.4, -0.2) is 42.7 Å². The first-order valence-corrected chi connectivity index (χ1v) is 6.54. The maximum Gasteiger partial charge on any atom is 0.230 e. The quantitative estimate of drug-likeness (QED) is 0.718. The monoisotopic (exact) mass is 232 g/mol. The Morgan fingerprint density at radius 1 is 1.60 bits per heavy atom. The molecule has 1 saturated heterocycles. The molecule has 3 N–H and O–H groups in total. The van der Waals surface area contributed by atoms with Gasteiger partial charge >= 0.3 is 0 Å². The number of rotatable bonds is 5. The zero-order chi connectivity index (χ0) is 11.1. The van der Waals surface area contributed by atoms with Gasteiger partial charge in [0, 0.05) is 31.1 Å². The average molecular weight is 232 g/mol. The summed E-state index contributed by atoms with van der Waals surface area (Å²) in [5.41, 5.74) is 5.59. The number of hydrogen-bond donors (Lipinski definition) is 2. The summed E-state index contributed by atoms with van der Waals surface area (Å²) in [6.07, 6.45) is 1.87. The summed E-state index contributed by atoms with van der Waals surface area (Å²) in [5, 5.41) is 3.01. The first-order chi connectivity index (χ1) is 7.18. The van der Waals surface area contributed by atoms with Crippen LogP contribution in [0.15, 0.2) is 0 Å². The van der Waals surface area contributed by atoms with Crippen molar-refractivity contribution in [2.45, 2.75) is 31.8 Å². The van der Waals surface area contributed by atoms with E-state index in [-0.39, 0.29) is 11.9 Å². The third-order valence-corrected chi connectivity index (χ3v) is 3.43. The van der Waals surface area contributed by atoms with Gasteiger partial charge in [0.1, 0.15) is 0 Å². The molecular weight excluding hydrogens is 212 g/mol. The predicted molar refractivity (Wildman–Crippen MR) is 63.0 cm³/mol. The molecule has 1 aliphatic rings. The van der Waals surface area contributed by atoms with E-state index in [1.165, 1.54) is 0 Å². The Morgan fingerprint density at radius 2 is 2.27 bits per heavy atom. The molecule has 0 bridgehead atoms. The summed E-state index contributed by atoms with van der Waals surface area (Å²) in [7, 11) is 0. The van der Waals surface area contributed by atoms with Gasteiger partial charge in [-0.1, -0.05) is 0 Å². The van der Waals surface area contributed by atoms with E-state index >= 15 is 0 Å². The first kappa shape index (κ1) is 12.8. The highest BCUT2D eigenvalue weighted by Crippen LogP contribution is 2.07. The number of carbonyl (C=O) groups excluding carboxylic acids is 1. The van der Waals surface area contributed by atoms with E-state index in [1.807, 2.05) is 6.92 Å². The molecule has 1 amide bonds. The first-order valence-electron chi connectivity index (χ1n) is 5.39. The van der Waals surface area contributed by atoms with E-state index in [1.54, 1.807) is 11.8 Å². The molecule has 0 aromatic rings. The minimum absolute atomic E-state index is 0.118. The van der Waals surface area contributed by atoms with Crippen LogP contribution < -0.4 is 11.1 Å². The van der Waals surface area contributed by atoms with Crippen LogP contribution in [0, 0.1) is 0 Å². The Balaban J connectivity index is 2.06. The van der Waals surface area contributed by atoms with Crippen LogP contribution in [-0.2, 0) is 9.53 Å². The van der Waals surface area contributed by atoms with Crippen molar-refractivity contribution in [1.82, 2.24) is 5.32 Å². The van der Waals surface area contributed by atoms with Gasteiger partial charge in [0.25, 0.3) is 0 Å². The number of nitrogens with one attached hydrogen (secondary N) is 1. The molecule has 0 aromatic heterocycles. The molecule has 1 fully saturated rings. The molecule has 0 spiro atoms. The lowest BCUT2D eigenvalue weighted by molar-refractivity contribution is -0.119. The Morgan fingerprint density at radius 3 is 2.87 bits per heavy atom. The number of nitrogens with two attached hydrogens (primary N) is 1. The van der Waals surface area contributed by atoms with Crippen molar-refractivity contribution in [3.63, 3.8) is 0 Å². The second-order valence-electron chi connectivity index (χ2n) is 3.95. The molecule has 1 heterocycles. The molecule has 0 aromatic carbocycles. The summed E-state index contributed by atoms with van der Waals surface area (Å²) in [4.78, 5) is 11.5. The molecule has 15 heavy (non-hydrogen) atoms. The van der Waals surface area contributed by atoms with Crippen molar-refractivity contribution in [2.24, 2.45) is 5.73 Å². The van der Waals surface area contributed by atoms with Crippen molar-refractivity contribution >= 4 is 17.7 Å². The minimum atomic E-state index is 0.118. The summed E-state index contributed by atoms with van der Waals surface area (Å²) in [6, 6.07) is 0.466. The van der Waals surface area contributed by atoms with E-state index < -0.39 is 0 Å². The summed E-state index contributed by atoms with van der Waals surface area (Å²) in [6.45, 7) is 3.47. The maximum atomic E-state index is 11.5. The van der Waals surface area contributed by atoms with Gasteiger partial charge in [-0.2, -0.15) is 11.8 Å². The molecule has 1 atom stereocenters. The van der Waals surface area contributed by atoms with E-state index in [4.69, 9.17) is 10.5 Å². The number of ether oxygens (including phenoxy) is 1. The highest BCUT2D eigenvalue weighted by Gasteiger charge is 2.15. The van der Waals surface area contributed by atoms with Gasteiger partial charge in [-0.25, -0.2) is 0 Å². The van der Waals surface area contributed by atoms with Crippen LogP contribution >= 0.6 is 11.8 Å². The van der Waals surface area contributed by atoms with Crippen molar-refractivity contribution in [3.8, 4) is 0 Å². The Hall–Kier alpha value is -0.260. The third-order valence-electron chi connectivity index (χ3n) is 2.20. The van der Waals surface area contributed by atoms with E-state index in [9.17, 15) is 4.79 Å². The molecule has 88 valence electrons. The van der Waals surface area contributed by atoms with Gasteiger partial charge < -0.3 is 15.8 Å². The fourth-order valence-corrected chi connectivity index (χ4v) is 2.21. The van der Waals surface area contributed by atoms with Gasteiger partial charge in [-0.3, -0.25) is 4.79 Å². The third kappa shape index (κ3) is 6.02. The normalized spacial score (nSPS) is 19.9. The van der Waals surface area contributed by atoms with Crippen LogP contribution in [0.2, 0.25) is 0 Å². The topological polar surface area (TPSA) is 64.4 Å². The lowest BCUT2D eigenvalue weighted by Crippen LogP contribution is -2.40. The van der Waals surface area contributed by atoms with Gasteiger partial charge in [0.15, 0.2) is 0 Å². The summed E-state index contributed by atoms with van der Waals surface area (Å²) in [5.74, 6) is 1.47. The van der Waals surface area contributed by atoms with Crippen LogP contribution in [0.3, 0.4) is 0 Å². The van der Waals surface area contributed by atoms with Crippen LogP contribution in [0.1, 0.15) is 19.8 Å². The molecular formula is C10H20N2O2S. The van der Waals surface area contributed by atoms with E-state index in [0.29, 0.717) is 11.8 Å². The molecule has 1 unspecified atom stereocenters. The maximum absolute atomic E-state index is 11.5. The van der Waals surface area contributed by atoms with Crippen molar-refractivity contribution in [3.05, 3.63) is 0 Å². The molecule has 1 aliphatic heterocycles. The van der Waals surface area contributed by atoms with Crippen molar-refractivity contribution in [2.75, 3.05) is 24.7 Å². The van der Waals surface area contributed by atoms with E-state index in [0.717, 1.165) is 31.8 Å². The number of thioether (sulfide) groups is 1. The second kappa shape index (κ2) is 7.09. The molecule has 5 heteroatoms. The number of amides is 1. The lowest BCUT2D eigenvalue weighted by Gasteiger charge is -2.23. The Kier molecular flexibility index (Phi) is 6.05. The Labute approximate surface area is 95.3 Å². The predicted octanol–water partition coefficient (Wildman–Crippen LogP) is 0.362. The zero-order valence-electron chi connectivity index (χ0n) is 9.20. The minimum Gasteiger partial charge on any atom is -0.381 e. The van der Waals surface area contributed by atoms with Gasteiger partial charge in [0.05, 0.1) is 5.75 Å². The number of hydrogen-bond acceptors (Lipinski definition) is 4. The van der Waals surface area contributed by atoms with Crippen molar-refractivity contribution in [1.29, 1.82) is 0 Å². The lowest BCUT2D eigenvalue weighted by atomic mass is 10.1. The molecule has 0 saturated carbocycles. The van der Waals surface area contributed by atoms with Gasteiger partial charge in [0.2, 0.25) is 5.91 Å². The molecule has 0 aliphatic carbocycles.